The molecule has 0 atom stereocenters. The molecule has 86 valence electrons. The maximum absolute atomic E-state index is 13.7. The number of benzene rings is 1. The van der Waals surface area contributed by atoms with Crippen molar-refractivity contribution in [3.05, 3.63) is 63.9 Å². The molecule has 0 radical (unpaired) electrons. The van der Waals surface area contributed by atoms with E-state index in [1.807, 2.05) is 0 Å². The molecule has 2 nitrogen and oxygen atoms in total. The molecule has 0 amide bonds. The van der Waals surface area contributed by atoms with E-state index >= 15 is 0 Å². The molecule has 1 heterocycles. The highest BCUT2D eigenvalue weighted by Crippen LogP contribution is 2.23. The molecule has 2 rings (SSSR count). The number of carbonyl (C=O) groups excluding carboxylic acids is 1. The third-order valence-electron chi connectivity index (χ3n) is 2.19. The summed E-state index contributed by atoms with van der Waals surface area (Å²) in [4.78, 5) is 15.6. The predicted molar refractivity (Wildman–Crippen MR) is 61.7 cm³/mol. The highest BCUT2D eigenvalue weighted by atomic mass is 79.9. The topological polar surface area (TPSA) is 30.0 Å². The number of rotatable bonds is 2. The number of halogens is 3. The predicted octanol–water partition coefficient (Wildman–Crippen LogP) is 3.35. The zero-order valence-corrected chi connectivity index (χ0v) is 10.0. The van der Waals surface area contributed by atoms with Gasteiger partial charge in [-0.2, -0.15) is 0 Å². The fourth-order valence-electron chi connectivity index (χ4n) is 1.38. The van der Waals surface area contributed by atoms with Crippen LogP contribution in [0.2, 0.25) is 0 Å². The summed E-state index contributed by atoms with van der Waals surface area (Å²) in [5.41, 5.74) is -0.434. The van der Waals surface area contributed by atoms with Crippen molar-refractivity contribution in [3.8, 4) is 0 Å². The molecule has 0 aliphatic carbocycles. The number of ketones is 1. The second kappa shape index (κ2) is 4.71. The number of carbonyl (C=O) groups is 1. The van der Waals surface area contributed by atoms with E-state index in [9.17, 15) is 13.6 Å². The second-order valence-corrected chi connectivity index (χ2v) is 4.14. The van der Waals surface area contributed by atoms with Crippen molar-refractivity contribution in [2.75, 3.05) is 0 Å². The first-order valence-corrected chi connectivity index (χ1v) is 5.49. The number of hydrogen-bond acceptors (Lipinski definition) is 2. The van der Waals surface area contributed by atoms with E-state index in [1.54, 1.807) is 0 Å². The smallest absolute Gasteiger partial charge is 0.200 e. The summed E-state index contributed by atoms with van der Waals surface area (Å²) in [5.74, 6) is -2.52. The Morgan fingerprint density at radius 3 is 2.65 bits per heavy atom. The molecule has 0 aliphatic heterocycles. The lowest BCUT2D eigenvalue weighted by Gasteiger charge is -2.05. The average Bonchev–Trinajstić information content (AvgIpc) is 2.35. The van der Waals surface area contributed by atoms with E-state index in [0.29, 0.717) is 0 Å². The lowest BCUT2D eigenvalue weighted by atomic mass is 10.0. The van der Waals surface area contributed by atoms with Crippen LogP contribution in [-0.2, 0) is 0 Å². The molecule has 0 N–H and O–H groups in total. The fourth-order valence-corrected chi connectivity index (χ4v) is 1.71. The van der Waals surface area contributed by atoms with Gasteiger partial charge in [0, 0.05) is 18.0 Å². The van der Waals surface area contributed by atoms with Gasteiger partial charge in [0.15, 0.2) is 5.82 Å². The van der Waals surface area contributed by atoms with Crippen molar-refractivity contribution in [2.45, 2.75) is 0 Å². The van der Waals surface area contributed by atoms with Crippen LogP contribution in [0.15, 0.2) is 41.1 Å². The zero-order chi connectivity index (χ0) is 12.4. The standard InChI is InChI=1S/C12H6BrF2NO/c13-8-3-4-9(14)10(11(8)15)12(17)7-2-1-5-16-6-7/h1-6H. The van der Waals surface area contributed by atoms with Crippen LogP contribution in [0.3, 0.4) is 0 Å². The minimum atomic E-state index is -0.904. The molecular formula is C12H6BrF2NO. The second-order valence-electron chi connectivity index (χ2n) is 3.29. The number of aromatic nitrogens is 1. The molecule has 1 aromatic heterocycles. The molecule has 0 aliphatic rings. The molecular weight excluding hydrogens is 292 g/mol. The van der Waals surface area contributed by atoms with Gasteiger partial charge in [0.2, 0.25) is 5.78 Å². The van der Waals surface area contributed by atoms with Gasteiger partial charge in [0.25, 0.3) is 0 Å². The first-order valence-electron chi connectivity index (χ1n) is 4.69. The van der Waals surface area contributed by atoms with Gasteiger partial charge in [-0.05, 0) is 40.2 Å². The summed E-state index contributed by atoms with van der Waals surface area (Å²) in [6, 6.07) is 5.23. The van der Waals surface area contributed by atoms with Crippen LogP contribution in [0.5, 0.6) is 0 Å². The normalized spacial score (nSPS) is 10.3. The van der Waals surface area contributed by atoms with Gasteiger partial charge in [0.05, 0.1) is 10.0 Å². The lowest BCUT2D eigenvalue weighted by Crippen LogP contribution is -2.08. The highest BCUT2D eigenvalue weighted by Gasteiger charge is 2.20. The summed E-state index contributed by atoms with van der Waals surface area (Å²) < 4.78 is 27.2. The van der Waals surface area contributed by atoms with Gasteiger partial charge in [-0.3, -0.25) is 9.78 Å². The Morgan fingerprint density at radius 1 is 1.24 bits per heavy atom. The number of nitrogens with zero attached hydrogens (tertiary/aromatic N) is 1. The molecule has 17 heavy (non-hydrogen) atoms. The molecule has 0 saturated carbocycles. The minimum absolute atomic E-state index is 0.0474. The third-order valence-corrected chi connectivity index (χ3v) is 2.81. The Bertz CT molecular complexity index is 572. The van der Waals surface area contributed by atoms with Gasteiger partial charge >= 0.3 is 0 Å². The molecule has 0 saturated heterocycles. The van der Waals surface area contributed by atoms with E-state index in [4.69, 9.17) is 0 Å². The van der Waals surface area contributed by atoms with Gasteiger partial charge in [-0.15, -0.1) is 0 Å². The molecule has 0 fully saturated rings. The van der Waals surface area contributed by atoms with Gasteiger partial charge in [-0.25, -0.2) is 8.78 Å². The maximum Gasteiger partial charge on any atom is 0.200 e. The third kappa shape index (κ3) is 2.24. The fraction of sp³-hybridized carbons (Fsp3) is 0. The van der Waals surface area contributed by atoms with E-state index in [-0.39, 0.29) is 10.0 Å². The van der Waals surface area contributed by atoms with Crippen molar-refractivity contribution in [1.29, 1.82) is 0 Å². The molecule has 0 unspecified atom stereocenters. The van der Waals surface area contributed by atoms with E-state index < -0.39 is 23.0 Å². The molecule has 1 aromatic carbocycles. The highest BCUT2D eigenvalue weighted by molar-refractivity contribution is 9.10. The Balaban J connectivity index is 2.56. The summed E-state index contributed by atoms with van der Waals surface area (Å²) in [6.45, 7) is 0. The van der Waals surface area contributed by atoms with Crippen molar-refractivity contribution < 1.29 is 13.6 Å². The molecule has 0 bridgehead atoms. The van der Waals surface area contributed by atoms with Crippen LogP contribution >= 0.6 is 15.9 Å². The van der Waals surface area contributed by atoms with Crippen LogP contribution in [0, 0.1) is 11.6 Å². The summed E-state index contributed by atoms with van der Waals surface area (Å²) in [5, 5.41) is 0. The maximum atomic E-state index is 13.7. The Kier molecular flexibility index (Phi) is 3.28. The quantitative estimate of drug-likeness (QED) is 0.628. The van der Waals surface area contributed by atoms with Crippen LogP contribution < -0.4 is 0 Å². The van der Waals surface area contributed by atoms with Crippen LogP contribution in [-0.4, -0.2) is 10.8 Å². The SMILES string of the molecule is O=C(c1cccnc1)c1c(F)ccc(Br)c1F. The Morgan fingerprint density at radius 2 is 2.00 bits per heavy atom. The first-order chi connectivity index (χ1) is 8.11. The largest absolute Gasteiger partial charge is 0.288 e. The summed E-state index contributed by atoms with van der Waals surface area (Å²) in [6.07, 6.45) is 2.74. The zero-order valence-electron chi connectivity index (χ0n) is 8.45. The van der Waals surface area contributed by atoms with Crippen molar-refractivity contribution in [2.24, 2.45) is 0 Å². The van der Waals surface area contributed by atoms with Crippen LogP contribution in [0.25, 0.3) is 0 Å². The molecule has 2 aromatic rings. The van der Waals surface area contributed by atoms with Gasteiger partial charge in [0.1, 0.15) is 5.82 Å². The minimum Gasteiger partial charge on any atom is -0.288 e. The molecule has 0 spiro atoms. The summed E-state index contributed by atoms with van der Waals surface area (Å²) >= 11 is 2.91. The van der Waals surface area contributed by atoms with Gasteiger partial charge in [-0.1, -0.05) is 0 Å². The van der Waals surface area contributed by atoms with Crippen LogP contribution in [0.4, 0.5) is 8.78 Å². The summed E-state index contributed by atoms with van der Waals surface area (Å²) in [7, 11) is 0. The Hall–Kier alpha value is -1.62. The number of pyridine rings is 1. The Labute approximate surface area is 104 Å². The van der Waals surface area contributed by atoms with E-state index in [1.165, 1.54) is 30.6 Å². The monoisotopic (exact) mass is 297 g/mol. The lowest BCUT2D eigenvalue weighted by molar-refractivity contribution is 0.103. The van der Waals surface area contributed by atoms with Gasteiger partial charge < -0.3 is 0 Å². The number of hydrogen-bond donors (Lipinski definition) is 0. The van der Waals surface area contributed by atoms with Crippen molar-refractivity contribution >= 4 is 21.7 Å². The van der Waals surface area contributed by atoms with Crippen molar-refractivity contribution in [1.82, 2.24) is 4.98 Å². The van der Waals surface area contributed by atoms with E-state index in [0.717, 1.165) is 6.07 Å². The van der Waals surface area contributed by atoms with Crippen molar-refractivity contribution in [3.63, 3.8) is 0 Å². The average molecular weight is 298 g/mol. The molecule has 5 heteroatoms. The first kappa shape index (κ1) is 11.9. The van der Waals surface area contributed by atoms with Crippen LogP contribution in [0.1, 0.15) is 15.9 Å². The van der Waals surface area contributed by atoms with E-state index in [2.05, 4.69) is 20.9 Å².